The lowest BCUT2D eigenvalue weighted by Gasteiger charge is -2.17. The summed E-state index contributed by atoms with van der Waals surface area (Å²) in [5.74, 6) is 1.07. The van der Waals surface area contributed by atoms with Crippen molar-refractivity contribution in [1.29, 1.82) is 0 Å². The van der Waals surface area contributed by atoms with E-state index in [-0.39, 0.29) is 0 Å². The SMILES string of the molecule is CCC(CN)CC(CC)CO. The lowest BCUT2D eigenvalue weighted by molar-refractivity contribution is 0.196. The fraction of sp³-hybridized carbons (Fsp3) is 1.00. The van der Waals surface area contributed by atoms with Gasteiger partial charge in [0.05, 0.1) is 0 Å². The quantitative estimate of drug-likeness (QED) is 0.615. The monoisotopic (exact) mass is 159 g/mol. The molecule has 0 spiro atoms. The second-order valence-corrected chi connectivity index (χ2v) is 3.20. The van der Waals surface area contributed by atoms with Gasteiger partial charge in [0.2, 0.25) is 0 Å². The molecule has 0 aliphatic rings. The van der Waals surface area contributed by atoms with Gasteiger partial charge < -0.3 is 10.8 Å². The zero-order valence-electron chi connectivity index (χ0n) is 7.71. The Balaban J connectivity index is 3.58. The number of aliphatic hydroxyl groups excluding tert-OH is 1. The molecule has 0 bridgehead atoms. The molecule has 2 nitrogen and oxygen atoms in total. The third kappa shape index (κ3) is 4.38. The smallest absolute Gasteiger partial charge is 0.0459 e. The fourth-order valence-electron chi connectivity index (χ4n) is 1.27. The Hall–Kier alpha value is -0.0800. The van der Waals surface area contributed by atoms with E-state index in [0.29, 0.717) is 18.4 Å². The highest BCUT2D eigenvalue weighted by molar-refractivity contribution is 4.64. The molecule has 0 saturated heterocycles. The van der Waals surface area contributed by atoms with E-state index in [1.165, 1.54) is 0 Å². The molecular formula is C9H21NO. The third-order valence-electron chi connectivity index (χ3n) is 2.41. The van der Waals surface area contributed by atoms with Gasteiger partial charge in [-0.3, -0.25) is 0 Å². The van der Waals surface area contributed by atoms with Crippen LogP contribution in [0, 0.1) is 11.8 Å². The maximum atomic E-state index is 8.93. The summed E-state index contributed by atoms with van der Waals surface area (Å²) < 4.78 is 0. The van der Waals surface area contributed by atoms with Crippen LogP contribution in [0.3, 0.4) is 0 Å². The average molecular weight is 159 g/mol. The molecule has 0 saturated carbocycles. The first-order chi connectivity index (χ1) is 5.28. The summed E-state index contributed by atoms with van der Waals surface area (Å²) in [6.45, 7) is 5.34. The highest BCUT2D eigenvalue weighted by Crippen LogP contribution is 2.16. The van der Waals surface area contributed by atoms with Crippen LogP contribution in [0.4, 0.5) is 0 Å². The van der Waals surface area contributed by atoms with E-state index in [4.69, 9.17) is 10.8 Å². The molecule has 0 aromatic carbocycles. The van der Waals surface area contributed by atoms with Crippen LogP contribution >= 0.6 is 0 Å². The van der Waals surface area contributed by atoms with Crippen molar-refractivity contribution in [3.8, 4) is 0 Å². The summed E-state index contributed by atoms with van der Waals surface area (Å²) >= 11 is 0. The van der Waals surface area contributed by atoms with Gasteiger partial charge in [-0.1, -0.05) is 26.7 Å². The highest BCUT2D eigenvalue weighted by atomic mass is 16.3. The van der Waals surface area contributed by atoms with Crippen molar-refractivity contribution in [2.45, 2.75) is 33.1 Å². The fourth-order valence-corrected chi connectivity index (χ4v) is 1.27. The second kappa shape index (κ2) is 6.62. The molecule has 0 aliphatic heterocycles. The summed E-state index contributed by atoms with van der Waals surface area (Å²) in [6.07, 6.45) is 3.28. The Morgan fingerprint density at radius 3 is 2.00 bits per heavy atom. The van der Waals surface area contributed by atoms with Crippen LogP contribution in [0.2, 0.25) is 0 Å². The van der Waals surface area contributed by atoms with Crippen molar-refractivity contribution in [3.05, 3.63) is 0 Å². The molecule has 3 N–H and O–H groups in total. The van der Waals surface area contributed by atoms with E-state index in [2.05, 4.69) is 13.8 Å². The molecule has 11 heavy (non-hydrogen) atoms. The van der Waals surface area contributed by atoms with Crippen molar-refractivity contribution in [2.75, 3.05) is 13.2 Å². The summed E-state index contributed by atoms with van der Waals surface area (Å²) in [5, 5.41) is 8.93. The van der Waals surface area contributed by atoms with E-state index in [1.54, 1.807) is 0 Å². The van der Waals surface area contributed by atoms with E-state index in [1.807, 2.05) is 0 Å². The first-order valence-corrected chi connectivity index (χ1v) is 4.59. The van der Waals surface area contributed by atoms with Crippen molar-refractivity contribution < 1.29 is 5.11 Å². The van der Waals surface area contributed by atoms with Gasteiger partial charge in [-0.2, -0.15) is 0 Å². The van der Waals surface area contributed by atoms with Crippen molar-refractivity contribution in [3.63, 3.8) is 0 Å². The van der Waals surface area contributed by atoms with E-state index in [0.717, 1.165) is 25.8 Å². The topological polar surface area (TPSA) is 46.2 Å². The van der Waals surface area contributed by atoms with Crippen LogP contribution in [0.25, 0.3) is 0 Å². The Labute approximate surface area is 69.8 Å². The molecule has 0 rings (SSSR count). The van der Waals surface area contributed by atoms with Gasteiger partial charge in [-0.05, 0) is 24.8 Å². The van der Waals surface area contributed by atoms with Crippen LogP contribution in [-0.4, -0.2) is 18.3 Å². The van der Waals surface area contributed by atoms with Crippen LogP contribution in [0.15, 0.2) is 0 Å². The Morgan fingerprint density at radius 2 is 1.73 bits per heavy atom. The normalized spacial score (nSPS) is 16.4. The van der Waals surface area contributed by atoms with Gasteiger partial charge in [0.1, 0.15) is 0 Å². The van der Waals surface area contributed by atoms with Gasteiger partial charge in [0.15, 0.2) is 0 Å². The second-order valence-electron chi connectivity index (χ2n) is 3.20. The number of hydrogen-bond donors (Lipinski definition) is 2. The van der Waals surface area contributed by atoms with Crippen LogP contribution in [0.5, 0.6) is 0 Å². The lowest BCUT2D eigenvalue weighted by Crippen LogP contribution is -2.18. The summed E-state index contributed by atoms with van der Waals surface area (Å²) in [4.78, 5) is 0. The predicted octanol–water partition coefficient (Wildman–Crippen LogP) is 1.38. The molecule has 68 valence electrons. The maximum Gasteiger partial charge on any atom is 0.0459 e. The molecular weight excluding hydrogens is 138 g/mol. The molecule has 0 radical (unpaired) electrons. The van der Waals surface area contributed by atoms with Gasteiger partial charge in [-0.25, -0.2) is 0 Å². The van der Waals surface area contributed by atoms with Crippen molar-refractivity contribution >= 4 is 0 Å². The summed E-state index contributed by atoms with van der Waals surface area (Å²) in [6, 6.07) is 0. The van der Waals surface area contributed by atoms with Gasteiger partial charge in [0, 0.05) is 6.61 Å². The zero-order valence-corrected chi connectivity index (χ0v) is 7.71. The minimum absolute atomic E-state index is 0.312. The van der Waals surface area contributed by atoms with E-state index >= 15 is 0 Å². The first-order valence-electron chi connectivity index (χ1n) is 4.59. The third-order valence-corrected chi connectivity index (χ3v) is 2.41. The molecule has 0 amide bonds. The van der Waals surface area contributed by atoms with Gasteiger partial charge in [0.25, 0.3) is 0 Å². The van der Waals surface area contributed by atoms with E-state index in [9.17, 15) is 0 Å². The number of hydrogen-bond acceptors (Lipinski definition) is 2. The number of nitrogens with two attached hydrogens (primary N) is 1. The first kappa shape index (κ1) is 10.9. The summed E-state index contributed by atoms with van der Waals surface area (Å²) in [7, 11) is 0. The molecule has 0 heterocycles. The van der Waals surface area contributed by atoms with Gasteiger partial charge in [-0.15, -0.1) is 0 Å². The molecule has 0 fully saturated rings. The zero-order chi connectivity index (χ0) is 8.69. The summed E-state index contributed by atoms with van der Waals surface area (Å²) in [5.41, 5.74) is 5.56. The minimum atomic E-state index is 0.312. The van der Waals surface area contributed by atoms with E-state index < -0.39 is 0 Å². The number of rotatable bonds is 6. The Morgan fingerprint density at radius 1 is 1.18 bits per heavy atom. The molecule has 0 aliphatic carbocycles. The largest absolute Gasteiger partial charge is 0.396 e. The van der Waals surface area contributed by atoms with Crippen LogP contribution in [-0.2, 0) is 0 Å². The number of aliphatic hydroxyl groups is 1. The highest BCUT2D eigenvalue weighted by Gasteiger charge is 2.11. The van der Waals surface area contributed by atoms with Crippen LogP contribution in [0.1, 0.15) is 33.1 Å². The van der Waals surface area contributed by atoms with Crippen LogP contribution < -0.4 is 5.73 Å². The lowest BCUT2D eigenvalue weighted by atomic mass is 9.91. The minimum Gasteiger partial charge on any atom is -0.396 e. The standard InChI is InChI=1S/C9H21NO/c1-3-8(6-10)5-9(4-2)7-11/h8-9,11H,3-7,10H2,1-2H3. The molecule has 2 heteroatoms. The Kier molecular flexibility index (Phi) is 6.57. The molecule has 2 atom stereocenters. The maximum absolute atomic E-state index is 8.93. The molecule has 0 aromatic rings. The predicted molar refractivity (Wildman–Crippen MR) is 48.3 cm³/mol. The van der Waals surface area contributed by atoms with Gasteiger partial charge >= 0.3 is 0 Å². The van der Waals surface area contributed by atoms with Crippen molar-refractivity contribution in [2.24, 2.45) is 17.6 Å². The molecule has 0 aromatic heterocycles. The molecule has 2 unspecified atom stereocenters. The van der Waals surface area contributed by atoms with Crippen molar-refractivity contribution in [1.82, 2.24) is 0 Å². The average Bonchev–Trinajstić information content (AvgIpc) is 2.07. The Bertz CT molecular complexity index is 67.6.